The van der Waals surface area contributed by atoms with Gasteiger partial charge >= 0.3 is 0 Å². The summed E-state index contributed by atoms with van der Waals surface area (Å²) in [6.07, 6.45) is 11.4. The highest BCUT2D eigenvalue weighted by atomic mass is 14.7. The molecule has 170 valence electrons. The molecular weight excluding hydrogens is 440 g/mol. The van der Waals surface area contributed by atoms with Gasteiger partial charge in [-0.2, -0.15) is 0 Å². The molecule has 0 spiro atoms. The largest absolute Gasteiger partial charge is 0.262 e. The van der Waals surface area contributed by atoms with Gasteiger partial charge in [0.1, 0.15) is 0 Å². The minimum absolute atomic E-state index is 0.0681. The lowest BCUT2D eigenvalue weighted by molar-refractivity contribution is 1.36. The van der Waals surface area contributed by atoms with Gasteiger partial charge in [0.15, 0.2) is 0 Å². The first-order chi connectivity index (χ1) is 17.4. The van der Waals surface area contributed by atoms with Crippen molar-refractivity contribution in [2.75, 3.05) is 0 Å². The van der Waals surface area contributed by atoms with E-state index in [-0.39, 0.29) is 11.4 Å². The van der Waals surface area contributed by atoms with Crippen molar-refractivity contribution in [3.8, 4) is 12.1 Å². The molecule has 0 amide bonds. The number of hydrogen-bond donors (Lipinski definition) is 0. The fraction of sp³-hybridized carbons (Fsp3) is 0.0625. The summed E-state index contributed by atoms with van der Waals surface area (Å²) in [5, 5.41) is 17.8. The van der Waals surface area contributed by atoms with Gasteiger partial charge < -0.3 is 0 Å². The van der Waals surface area contributed by atoms with Crippen molar-refractivity contribution in [2.24, 2.45) is 0 Å². The Bertz CT molecular complexity index is 1400. The maximum atomic E-state index is 8.90. The Morgan fingerprint density at radius 2 is 0.944 bits per heavy atom. The van der Waals surface area contributed by atoms with Crippen molar-refractivity contribution in [1.29, 1.82) is 10.5 Å². The van der Waals surface area contributed by atoms with Crippen molar-refractivity contribution >= 4 is 36.5 Å². The van der Waals surface area contributed by atoms with Crippen molar-refractivity contribution in [1.82, 2.24) is 0 Å². The van der Waals surface area contributed by atoms with E-state index in [2.05, 4.69) is 47.8 Å². The van der Waals surface area contributed by atoms with Gasteiger partial charge in [0, 0.05) is 0 Å². The highest BCUT2D eigenvalue weighted by Crippen LogP contribution is 2.21. The molecule has 0 saturated carbocycles. The van der Waals surface area contributed by atoms with Gasteiger partial charge in [0.25, 0.3) is 11.4 Å². The first kappa shape index (κ1) is 25.2. The summed E-state index contributed by atoms with van der Waals surface area (Å²) in [6, 6.07) is 23.5. The van der Waals surface area contributed by atoms with Crippen LogP contribution in [0, 0.1) is 49.7 Å². The minimum atomic E-state index is 0.0681. The summed E-state index contributed by atoms with van der Waals surface area (Å²) >= 11 is 0. The number of nitrogens with zero attached hydrogens (tertiary/aromatic N) is 4. The van der Waals surface area contributed by atoms with Gasteiger partial charge in [-0.3, -0.25) is 0 Å². The molecule has 4 heteroatoms. The molecule has 3 aromatic carbocycles. The summed E-state index contributed by atoms with van der Waals surface area (Å²) in [5.41, 5.74) is 8.45. The third kappa shape index (κ3) is 6.79. The zero-order chi connectivity index (χ0) is 25.9. The molecule has 4 nitrogen and oxygen atoms in total. The molecule has 0 N–H and O–H groups in total. The van der Waals surface area contributed by atoms with Crippen molar-refractivity contribution in [3.63, 3.8) is 0 Å². The zero-order valence-electron chi connectivity index (χ0n) is 20.0. The first-order valence-corrected chi connectivity index (χ1v) is 11.1. The topological polar surface area (TPSA) is 56.3 Å². The number of hydrogen-bond acceptors (Lipinski definition) is 2. The van der Waals surface area contributed by atoms with E-state index in [1.807, 2.05) is 72.8 Å². The molecule has 3 rings (SSSR count). The van der Waals surface area contributed by atoms with Crippen molar-refractivity contribution in [2.45, 2.75) is 13.8 Å². The fourth-order valence-corrected chi connectivity index (χ4v) is 3.49. The van der Waals surface area contributed by atoms with Crippen LogP contribution in [0.4, 0.5) is 0 Å². The zero-order valence-corrected chi connectivity index (χ0v) is 20.0. The number of rotatable bonds is 6. The van der Waals surface area contributed by atoms with E-state index in [4.69, 9.17) is 23.7 Å². The van der Waals surface area contributed by atoms with Crippen LogP contribution in [0.2, 0.25) is 0 Å². The lowest BCUT2D eigenvalue weighted by atomic mass is 9.98. The second kappa shape index (κ2) is 12.2. The van der Waals surface area contributed by atoms with Crippen LogP contribution in [0.3, 0.4) is 0 Å². The molecule has 0 saturated heterocycles. The van der Waals surface area contributed by atoms with Crippen LogP contribution in [-0.2, 0) is 0 Å². The predicted molar refractivity (Wildman–Crippen MR) is 147 cm³/mol. The summed E-state index contributed by atoms with van der Waals surface area (Å²) < 4.78 is 0. The van der Waals surface area contributed by atoms with Crippen LogP contribution in [0.25, 0.3) is 46.1 Å². The Balaban J connectivity index is 1.74. The van der Waals surface area contributed by atoms with Crippen LogP contribution in [0.1, 0.15) is 44.5 Å². The molecule has 0 aliphatic carbocycles. The Morgan fingerprint density at radius 3 is 1.25 bits per heavy atom. The van der Waals surface area contributed by atoms with Crippen molar-refractivity contribution in [3.05, 3.63) is 139 Å². The van der Waals surface area contributed by atoms with E-state index in [0.717, 1.165) is 44.5 Å². The van der Waals surface area contributed by atoms with Gasteiger partial charge in [0.05, 0.1) is 25.3 Å². The fourth-order valence-electron chi connectivity index (χ4n) is 3.49. The predicted octanol–water partition coefficient (Wildman–Crippen LogP) is 8.21. The maximum Gasteiger partial charge on any atom is 0.262 e. The standard InChI is InChI=1S/C32H22N4/c1-23-17-30(16-14-26-7-11-28(12-8-26)20-32(22-34)36-4)24(2)18-29(23)15-13-25-5-9-27(10-6-25)19-31(21-33)35-3/h5-20H,1-2H3/b15-13+,16-14+,31-19-,32-20+. The number of benzene rings is 3. The molecule has 0 aliphatic heterocycles. The Hall–Kier alpha value is -5.42. The van der Waals surface area contributed by atoms with Crippen LogP contribution in [0.15, 0.2) is 72.1 Å². The molecule has 0 radical (unpaired) electrons. The van der Waals surface area contributed by atoms with Gasteiger partial charge in [-0.05, 0) is 70.5 Å². The third-order valence-electron chi connectivity index (χ3n) is 5.52. The van der Waals surface area contributed by atoms with Crippen molar-refractivity contribution < 1.29 is 0 Å². The maximum absolute atomic E-state index is 8.90. The second-order valence-electron chi connectivity index (χ2n) is 8.07. The van der Waals surface area contributed by atoms with E-state index in [0.29, 0.717) is 0 Å². The molecule has 0 unspecified atom stereocenters. The van der Waals surface area contributed by atoms with Gasteiger partial charge in [-0.15, -0.1) is 0 Å². The third-order valence-corrected chi connectivity index (χ3v) is 5.52. The summed E-state index contributed by atoms with van der Waals surface area (Å²) in [4.78, 5) is 6.37. The first-order valence-electron chi connectivity index (χ1n) is 11.1. The Labute approximate surface area is 212 Å². The quantitative estimate of drug-likeness (QED) is 0.210. The molecular formula is C32H22N4. The van der Waals surface area contributed by atoms with E-state index >= 15 is 0 Å². The van der Waals surface area contributed by atoms with Crippen LogP contribution in [0.5, 0.6) is 0 Å². The van der Waals surface area contributed by atoms with E-state index in [1.165, 1.54) is 0 Å². The molecule has 0 bridgehead atoms. The number of nitriles is 2. The minimum Gasteiger partial charge on any atom is -0.227 e. The Morgan fingerprint density at radius 1 is 0.611 bits per heavy atom. The average Bonchev–Trinajstić information content (AvgIpc) is 2.91. The highest BCUT2D eigenvalue weighted by Gasteiger charge is 2.02. The van der Waals surface area contributed by atoms with Crippen LogP contribution < -0.4 is 0 Å². The highest BCUT2D eigenvalue weighted by molar-refractivity contribution is 5.76. The van der Waals surface area contributed by atoms with E-state index < -0.39 is 0 Å². The summed E-state index contributed by atoms with van der Waals surface area (Å²) in [6.45, 7) is 18.1. The smallest absolute Gasteiger partial charge is 0.227 e. The molecule has 36 heavy (non-hydrogen) atoms. The second-order valence-corrected chi connectivity index (χ2v) is 8.07. The van der Waals surface area contributed by atoms with Crippen LogP contribution >= 0.6 is 0 Å². The molecule has 0 heterocycles. The molecule has 0 aliphatic rings. The Kier molecular flexibility index (Phi) is 8.51. The van der Waals surface area contributed by atoms with Gasteiger partial charge in [-0.25, -0.2) is 20.2 Å². The van der Waals surface area contributed by atoms with Gasteiger partial charge in [0.2, 0.25) is 0 Å². The summed E-state index contributed by atoms with van der Waals surface area (Å²) in [5.74, 6) is 0. The molecule has 3 aromatic rings. The van der Waals surface area contributed by atoms with Gasteiger partial charge in [-0.1, -0.05) is 85.0 Å². The molecule has 0 fully saturated rings. The monoisotopic (exact) mass is 462 g/mol. The summed E-state index contributed by atoms with van der Waals surface area (Å²) in [7, 11) is 0. The average molecular weight is 463 g/mol. The van der Waals surface area contributed by atoms with E-state index in [9.17, 15) is 0 Å². The number of aryl methyl sites for hydroxylation is 2. The van der Waals surface area contributed by atoms with E-state index in [1.54, 1.807) is 12.2 Å². The number of allylic oxidation sites excluding steroid dienone is 2. The lowest BCUT2D eigenvalue weighted by Gasteiger charge is -2.07. The van der Waals surface area contributed by atoms with Crippen LogP contribution in [-0.4, -0.2) is 0 Å². The molecule has 0 aromatic heterocycles. The SMILES string of the molecule is [C-]#[N+]/C(C#N)=C\c1ccc(/C=C/c2cc(C)c(/C=C/c3ccc(/C=C(\C#N)[N+]#[C-])cc3)cc2C)cc1. The normalized spacial score (nSPS) is 11.6. The molecule has 0 atom stereocenters. The lowest BCUT2D eigenvalue weighted by Crippen LogP contribution is -1.88.